The molecular weight excluding hydrogens is 168 g/mol. The molecule has 0 aromatic heterocycles. The summed E-state index contributed by atoms with van der Waals surface area (Å²) in [6, 6.07) is 0.511. The van der Waals surface area contributed by atoms with Crippen LogP contribution >= 0.6 is 0 Å². The number of carbonyl (C=O) groups excluding carboxylic acids is 1. The van der Waals surface area contributed by atoms with Crippen LogP contribution in [-0.2, 0) is 9.53 Å². The van der Waals surface area contributed by atoms with Gasteiger partial charge in [-0.1, -0.05) is 0 Å². The molecule has 0 bridgehead atoms. The lowest BCUT2D eigenvalue weighted by molar-refractivity contribution is -0.131. The van der Waals surface area contributed by atoms with Gasteiger partial charge in [-0.25, -0.2) is 0 Å². The molecule has 1 saturated heterocycles. The summed E-state index contributed by atoms with van der Waals surface area (Å²) in [4.78, 5) is 13.2. The third kappa shape index (κ3) is 3.32. The Kier molecular flexibility index (Phi) is 4.18. The molecule has 1 aliphatic rings. The Bertz CT molecular complexity index is 169. The van der Waals surface area contributed by atoms with E-state index in [0.29, 0.717) is 19.1 Å². The highest BCUT2D eigenvalue weighted by molar-refractivity contribution is 5.76. The molecule has 13 heavy (non-hydrogen) atoms. The first-order valence-electron chi connectivity index (χ1n) is 4.70. The van der Waals surface area contributed by atoms with Gasteiger partial charge in [0.25, 0.3) is 0 Å². The van der Waals surface area contributed by atoms with Gasteiger partial charge in [-0.15, -0.1) is 0 Å². The van der Waals surface area contributed by atoms with Crippen LogP contribution in [0.5, 0.6) is 0 Å². The van der Waals surface area contributed by atoms with E-state index < -0.39 is 0 Å². The molecule has 0 saturated carbocycles. The predicted molar refractivity (Wildman–Crippen MR) is 50.5 cm³/mol. The van der Waals surface area contributed by atoms with Gasteiger partial charge in [-0.2, -0.15) is 0 Å². The Morgan fingerprint density at radius 3 is 2.85 bits per heavy atom. The molecule has 1 heterocycles. The van der Waals surface area contributed by atoms with E-state index in [1.807, 2.05) is 7.05 Å². The summed E-state index contributed by atoms with van der Waals surface area (Å²) in [5, 5.41) is 3.26. The summed E-state index contributed by atoms with van der Waals surface area (Å²) < 4.78 is 4.84. The smallest absolute Gasteiger partial charge is 0.224 e. The monoisotopic (exact) mass is 186 g/mol. The Morgan fingerprint density at radius 1 is 1.69 bits per heavy atom. The van der Waals surface area contributed by atoms with Crippen molar-refractivity contribution in [2.45, 2.75) is 18.9 Å². The van der Waals surface area contributed by atoms with Crippen molar-refractivity contribution in [1.29, 1.82) is 0 Å². The summed E-state index contributed by atoms with van der Waals surface area (Å²) in [5.74, 6) is 0.163. The fourth-order valence-corrected chi connectivity index (χ4v) is 1.32. The van der Waals surface area contributed by atoms with Gasteiger partial charge >= 0.3 is 0 Å². The third-order valence-corrected chi connectivity index (χ3v) is 2.37. The standard InChI is InChI=1S/C9H18N2O2/c1-11(7-8-3-5-10-8)9(12)4-6-13-2/h8,10H,3-7H2,1-2H3. The molecule has 4 nitrogen and oxygen atoms in total. The van der Waals surface area contributed by atoms with Gasteiger partial charge in [0, 0.05) is 26.7 Å². The quantitative estimate of drug-likeness (QED) is 0.649. The van der Waals surface area contributed by atoms with Gasteiger partial charge in [0.05, 0.1) is 13.0 Å². The van der Waals surface area contributed by atoms with Crippen molar-refractivity contribution >= 4 is 5.91 Å². The molecule has 1 N–H and O–H groups in total. The van der Waals surface area contributed by atoms with E-state index in [1.54, 1.807) is 12.0 Å². The average Bonchev–Trinajstić information content (AvgIpc) is 2.06. The summed E-state index contributed by atoms with van der Waals surface area (Å²) in [5.41, 5.74) is 0. The second-order valence-corrected chi connectivity index (χ2v) is 3.46. The van der Waals surface area contributed by atoms with E-state index in [2.05, 4.69) is 5.32 Å². The molecule has 0 aromatic carbocycles. The molecule has 1 atom stereocenters. The van der Waals surface area contributed by atoms with Gasteiger partial charge in [0.2, 0.25) is 5.91 Å². The Morgan fingerprint density at radius 2 is 2.38 bits per heavy atom. The van der Waals surface area contributed by atoms with Gasteiger partial charge in [0.1, 0.15) is 0 Å². The SMILES string of the molecule is COCCC(=O)N(C)CC1CCN1. The average molecular weight is 186 g/mol. The number of rotatable bonds is 5. The van der Waals surface area contributed by atoms with Crippen molar-refractivity contribution in [2.24, 2.45) is 0 Å². The van der Waals surface area contributed by atoms with Gasteiger partial charge in [0.15, 0.2) is 0 Å². The van der Waals surface area contributed by atoms with Crippen LogP contribution in [0.2, 0.25) is 0 Å². The number of likely N-dealkylation sites (N-methyl/N-ethyl adjacent to an activating group) is 1. The molecule has 0 aromatic rings. The molecule has 1 fully saturated rings. The van der Waals surface area contributed by atoms with Gasteiger partial charge in [-0.3, -0.25) is 4.79 Å². The zero-order valence-electron chi connectivity index (χ0n) is 8.38. The van der Waals surface area contributed by atoms with Crippen molar-refractivity contribution in [1.82, 2.24) is 10.2 Å². The Balaban J connectivity index is 2.13. The number of nitrogens with zero attached hydrogens (tertiary/aromatic N) is 1. The van der Waals surface area contributed by atoms with E-state index in [9.17, 15) is 4.79 Å². The highest BCUT2D eigenvalue weighted by Crippen LogP contribution is 2.04. The lowest BCUT2D eigenvalue weighted by atomic mass is 10.1. The van der Waals surface area contributed by atoms with Crippen LogP contribution in [0.1, 0.15) is 12.8 Å². The van der Waals surface area contributed by atoms with Crippen molar-refractivity contribution in [3.8, 4) is 0 Å². The fraction of sp³-hybridized carbons (Fsp3) is 0.889. The molecule has 1 rings (SSSR count). The van der Waals surface area contributed by atoms with Crippen LogP contribution in [0.25, 0.3) is 0 Å². The lowest BCUT2D eigenvalue weighted by Crippen LogP contribution is -2.50. The number of ether oxygens (including phenoxy) is 1. The highest BCUT2D eigenvalue weighted by atomic mass is 16.5. The number of nitrogens with one attached hydrogen (secondary N) is 1. The molecular formula is C9H18N2O2. The first-order chi connectivity index (χ1) is 6.24. The third-order valence-electron chi connectivity index (χ3n) is 2.37. The maximum Gasteiger partial charge on any atom is 0.224 e. The Hall–Kier alpha value is -0.610. The van der Waals surface area contributed by atoms with Gasteiger partial charge in [-0.05, 0) is 13.0 Å². The molecule has 1 unspecified atom stereocenters. The Labute approximate surface area is 79.2 Å². The van der Waals surface area contributed by atoms with E-state index in [4.69, 9.17) is 4.74 Å². The second-order valence-electron chi connectivity index (χ2n) is 3.46. The number of amides is 1. The van der Waals surface area contributed by atoms with Crippen LogP contribution in [0.15, 0.2) is 0 Å². The number of hydrogen-bond donors (Lipinski definition) is 1. The minimum Gasteiger partial charge on any atom is -0.384 e. The summed E-state index contributed by atoms with van der Waals surface area (Å²) in [7, 11) is 3.46. The maximum absolute atomic E-state index is 11.4. The zero-order chi connectivity index (χ0) is 9.68. The molecule has 4 heteroatoms. The van der Waals surface area contributed by atoms with Crippen molar-refractivity contribution in [2.75, 3.05) is 33.9 Å². The molecule has 0 radical (unpaired) electrons. The van der Waals surface area contributed by atoms with E-state index in [0.717, 1.165) is 13.1 Å². The van der Waals surface area contributed by atoms with E-state index in [-0.39, 0.29) is 5.91 Å². The summed E-state index contributed by atoms with van der Waals surface area (Å²) in [6.07, 6.45) is 1.67. The number of carbonyl (C=O) groups is 1. The molecule has 0 spiro atoms. The first-order valence-corrected chi connectivity index (χ1v) is 4.70. The topological polar surface area (TPSA) is 41.6 Å². The van der Waals surface area contributed by atoms with Crippen molar-refractivity contribution in [3.63, 3.8) is 0 Å². The van der Waals surface area contributed by atoms with Crippen LogP contribution in [0, 0.1) is 0 Å². The fourth-order valence-electron chi connectivity index (χ4n) is 1.32. The highest BCUT2D eigenvalue weighted by Gasteiger charge is 2.19. The first kappa shape index (κ1) is 10.5. The van der Waals surface area contributed by atoms with Gasteiger partial charge < -0.3 is 15.0 Å². The maximum atomic E-state index is 11.4. The molecule has 0 aliphatic carbocycles. The van der Waals surface area contributed by atoms with E-state index >= 15 is 0 Å². The molecule has 76 valence electrons. The van der Waals surface area contributed by atoms with Crippen LogP contribution < -0.4 is 5.32 Å². The van der Waals surface area contributed by atoms with Crippen molar-refractivity contribution < 1.29 is 9.53 Å². The van der Waals surface area contributed by atoms with E-state index in [1.165, 1.54) is 6.42 Å². The summed E-state index contributed by atoms with van der Waals surface area (Å²) in [6.45, 7) is 2.43. The largest absolute Gasteiger partial charge is 0.384 e. The normalized spacial score (nSPS) is 20.9. The number of hydrogen-bond acceptors (Lipinski definition) is 3. The second kappa shape index (κ2) is 5.19. The van der Waals surface area contributed by atoms with Crippen LogP contribution in [-0.4, -0.2) is 50.7 Å². The van der Waals surface area contributed by atoms with Crippen molar-refractivity contribution in [3.05, 3.63) is 0 Å². The minimum atomic E-state index is 0.163. The molecule has 1 amide bonds. The number of methoxy groups -OCH3 is 1. The summed E-state index contributed by atoms with van der Waals surface area (Å²) >= 11 is 0. The minimum absolute atomic E-state index is 0.163. The lowest BCUT2D eigenvalue weighted by Gasteiger charge is -2.31. The van der Waals surface area contributed by atoms with Crippen LogP contribution in [0.4, 0.5) is 0 Å². The molecule has 1 aliphatic heterocycles. The zero-order valence-corrected chi connectivity index (χ0v) is 8.38. The van der Waals surface area contributed by atoms with Crippen LogP contribution in [0.3, 0.4) is 0 Å². The predicted octanol–water partition coefficient (Wildman–Crippen LogP) is -0.157.